The van der Waals surface area contributed by atoms with Gasteiger partial charge >= 0.3 is 6.09 Å². The lowest BCUT2D eigenvalue weighted by Gasteiger charge is -2.33. The summed E-state index contributed by atoms with van der Waals surface area (Å²) in [5.41, 5.74) is 3.55. The predicted octanol–water partition coefficient (Wildman–Crippen LogP) is 5.30. The summed E-state index contributed by atoms with van der Waals surface area (Å²) in [5.74, 6) is -0.935. The highest BCUT2D eigenvalue weighted by Gasteiger charge is 2.35. The van der Waals surface area contributed by atoms with Crippen LogP contribution in [0.1, 0.15) is 62.9 Å². The molecule has 2 atom stereocenters. The minimum absolute atomic E-state index is 0.225. The number of nitrogens with one attached hydrogen (secondary N) is 2. The van der Waals surface area contributed by atoms with Crippen LogP contribution in [0.15, 0.2) is 42.5 Å². The van der Waals surface area contributed by atoms with Gasteiger partial charge in [0.05, 0.1) is 0 Å². The molecule has 2 aromatic rings. The van der Waals surface area contributed by atoms with E-state index in [1.54, 1.807) is 27.8 Å². The summed E-state index contributed by atoms with van der Waals surface area (Å²) in [4.78, 5) is 41.2. The number of ether oxygens (including phenoxy) is 1. The number of nitrogens with zero attached hydrogens (tertiary/aromatic N) is 1. The second-order valence-electron chi connectivity index (χ2n) is 10.4. The number of aryl methyl sites for hydroxylation is 3. The van der Waals surface area contributed by atoms with Gasteiger partial charge in [0.1, 0.15) is 17.7 Å². The molecule has 0 fully saturated rings. The van der Waals surface area contributed by atoms with Crippen LogP contribution in [0.2, 0.25) is 0 Å². The lowest BCUT2D eigenvalue weighted by molar-refractivity contribution is -0.140. The Kier molecular flexibility index (Phi) is 9.07. The lowest BCUT2D eigenvalue weighted by atomic mass is 9.98. The molecule has 0 heterocycles. The van der Waals surface area contributed by atoms with Crippen LogP contribution in [0.4, 0.5) is 10.5 Å². The van der Waals surface area contributed by atoms with E-state index in [9.17, 15) is 14.4 Å². The number of amides is 3. The number of rotatable bonds is 7. The number of para-hydroxylation sites is 1. The van der Waals surface area contributed by atoms with Crippen molar-refractivity contribution in [1.29, 1.82) is 0 Å². The van der Waals surface area contributed by atoms with Crippen LogP contribution in [0.25, 0.3) is 0 Å². The van der Waals surface area contributed by atoms with Gasteiger partial charge in [0.25, 0.3) is 5.91 Å². The van der Waals surface area contributed by atoms with E-state index in [4.69, 9.17) is 4.74 Å². The minimum atomic E-state index is -0.900. The molecule has 0 saturated heterocycles. The first-order valence-electron chi connectivity index (χ1n) is 11.9. The second-order valence-corrected chi connectivity index (χ2v) is 10.4. The van der Waals surface area contributed by atoms with E-state index in [0.29, 0.717) is 5.56 Å². The molecule has 0 spiro atoms. The number of likely N-dealkylation sites (N-methyl/N-ethyl adjacent to an activating group) is 1. The zero-order valence-electron chi connectivity index (χ0n) is 22.4. The Morgan fingerprint density at radius 1 is 0.943 bits per heavy atom. The zero-order chi connectivity index (χ0) is 26.5. The number of hydrogen-bond acceptors (Lipinski definition) is 4. The zero-order valence-corrected chi connectivity index (χ0v) is 22.4. The molecular weight excluding hydrogens is 442 g/mol. The maximum absolute atomic E-state index is 13.7. The normalized spacial score (nSPS) is 13.1. The number of anilines is 1. The molecule has 2 unspecified atom stereocenters. The van der Waals surface area contributed by atoms with Gasteiger partial charge in [0, 0.05) is 12.7 Å². The average Bonchev–Trinajstić information content (AvgIpc) is 2.73. The summed E-state index contributed by atoms with van der Waals surface area (Å²) < 4.78 is 5.36. The van der Waals surface area contributed by atoms with Gasteiger partial charge < -0.3 is 20.3 Å². The first-order chi connectivity index (χ1) is 16.2. The van der Waals surface area contributed by atoms with Crippen molar-refractivity contribution >= 4 is 23.6 Å². The highest BCUT2D eigenvalue weighted by atomic mass is 16.6. The van der Waals surface area contributed by atoms with Crippen molar-refractivity contribution in [3.8, 4) is 0 Å². The van der Waals surface area contributed by atoms with Gasteiger partial charge in [-0.25, -0.2) is 4.79 Å². The molecule has 0 aliphatic carbocycles. The molecule has 7 heteroatoms. The fraction of sp³-hybridized carbons (Fsp3) is 0.464. The molecule has 0 bridgehead atoms. The molecule has 2 N–H and O–H groups in total. The van der Waals surface area contributed by atoms with E-state index in [1.807, 2.05) is 77.1 Å². The summed E-state index contributed by atoms with van der Waals surface area (Å²) in [6.07, 6.45) is -0.676. The third-order valence-electron chi connectivity index (χ3n) is 5.68. The van der Waals surface area contributed by atoms with E-state index < -0.39 is 23.8 Å². The first-order valence-corrected chi connectivity index (χ1v) is 11.9. The third kappa shape index (κ3) is 7.57. The smallest absolute Gasteiger partial charge is 0.408 e. The molecule has 0 aromatic heterocycles. The highest BCUT2D eigenvalue weighted by Crippen LogP contribution is 2.27. The fourth-order valence-electron chi connectivity index (χ4n) is 3.89. The molecule has 35 heavy (non-hydrogen) atoms. The van der Waals surface area contributed by atoms with E-state index in [0.717, 1.165) is 22.4 Å². The van der Waals surface area contributed by atoms with Crippen molar-refractivity contribution in [3.63, 3.8) is 0 Å². The number of carbonyl (C=O) groups is 3. The highest BCUT2D eigenvalue weighted by molar-refractivity contribution is 5.99. The van der Waals surface area contributed by atoms with Crippen molar-refractivity contribution in [2.24, 2.45) is 5.92 Å². The van der Waals surface area contributed by atoms with E-state index in [-0.39, 0.29) is 17.7 Å². The summed E-state index contributed by atoms with van der Waals surface area (Å²) in [7, 11) is 1.59. The Balaban J connectivity index is 2.42. The van der Waals surface area contributed by atoms with E-state index in [1.165, 1.54) is 4.90 Å². The molecule has 0 saturated carbocycles. The standard InChI is InChI=1S/C28H39N3O4/c1-17(2)22(30-27(34)35-28(6,7)8)26(33)31(9)24(21-15-10-12-18(3)16-21)25(32)29-23-19(4)13-11-14-20(23)5/h10-17,22,24H,1-9H3,(H,29,32)(H,30,34). The van der Waals surface area contributed by atoms with Gasteiger partial charge in [0.2, 0.25) is 5.91 Å². The maximum Gasteiger partial charge on any atom is 0.408 e. The van der Waals surface area contributed by atoms with Gasteiger partial charge in [-0.3, -0.25) is 9.59 Å². The number of hydrogen-bond donors (Lipinski definition) is 2. The third-order valence-corrected chi connectivity index (χ3v) is 5.68. The number of benzene rings is 2. The minimum Gasteiger partial charge on any atom is -0.444 e. The second kappa shape index (κ2) is 11.4. The Morgan fingerprint density at radius 3 is 2.03 bits per heavy atom. The summed E-state index contributed by atoms with van der Waals surface area (Å²) in [6.45, 7) is 14.8. The van der Waals surface area contributed by atoms with Crippen molar-refractivity contribution in [3.05, 3.63) is 64.7 Å². The molecule has 3 amide bonds. The molecule has 0 aliphatic rings. The van der Waals surface area contributed by atoms with Gasteiger partial charge in [-0.1, -0.05) is 61.9 Å². The van der Waals surface area contributed by atoms with Gasteiger partial charge in [0.15, 0.2) is 0 Å². The van der Waals surface area contributed by atoms with Gasteiger partial charge in [-0.05, 0) is 64.2 Å². The van der Waals surface area contributed by atoms with Crippen molar-refractivity contribution < 1.29 is 19.1 Å². The summed E-state index contributed by atoms with van der Waals surface area (Å²) >= 11 is 0. The predicted molar refractivity (Wildman–Crippen MR) is 139 cm³/mol. The lowest BCUT2D eigenvalue weighted by Crippen LogP contribution is -2.53. The van der Waals surface area contributed by atoms with E-state index in [2.05, 4.69) is 10.6 Å². The maximum atomic E-state index is 13.7. The van der Waals surface area contributed by atoms with Crippen LogP contribution in [0, 0.1) is 26.7 Å². The molecule has 190 valence electrons. The SMILES string of the molecule is Cc1cccc(C(C(=O)Nc2c(C)cccc2C)N(C)C(=O)C(NC(=O)OC(C)(C)C)C(C)C)c1. The topological polar surface area (TPSA) is 87.7 Å². The molecule has 2 rings (SSSR count). The molecule has 2 aromatic carbocycles. The van der Waals surface area contributed by atoms with Crippen LogP contribution < -0.4 is 10.6 Å². The van der Waals surface area contributed by atoms with E-state index >= 15 is 0 Å². The molecule has 0 radical (unpaired) electrons. The van der Waals surface area contributed by atoms with Crippen LogP contribution in [0.3, 0.4) is 0 Å². The first kappa shape index (κ1) is 27.9. The van der Waals surface area contributed by atoms with Crippen LogP contribution >= 0.6 is 0 Å². The molecular formula is C28H39N3O4. The number of alkyl carbamates (subject to hydrolysis) is 1. The molecule has 7 nitrogen and oxygen atoms in total. The summed E-state index contributed by atoms with van der Waals surface area (Å²) in [5, 5.41) is 5.72. The Labute approximate surface area is 209 Å². The Bertz CT molecular complexity index is 1050. The fourth-order valence-corrected chi connectivity index (χ4v) is 3.89. The van der Waals surface area contributed by atoms with Crippen LogP contribution in [0.5, 0.6) is 0 Å². The monoisotopic (exact) mass is 481 g/mol. The van der Waals surface area contributed by atoms with Gasteiger partial charge in [-0.2, -0.15) is 0 Å². The quantitative estimate of drug-likeness (QED) is 0.562. The van der Waals surface area contributed by atoms with Crippen molar-refractivity contribution in [2.45, 2.75) is 73.1 Å². The van der Waals surface area contributed by atoms with Gasteiger partial charge in [-0.15, -0.1) is 0 Å². The average molecular weight is 482 g/mol. The summed E-state index contributed by atoms with van der Waals surface area (Å²) in [6, 6.07) is 11.6. The Hall–Kier alpha value is -3.35. The van der Waals surface area contributed by atoms with Crippen LogP contribution in [-0.4, -0.2) is 41.5 Å². The Morgan fingerprint density at radius 2 is 1.51 bits per heavy atom. The van der Waals surface area contributed by atoms with Crippen molar-refractivity contribution in [2.75, 3.05) is 12.4 Å². The van der Waals surface area contributed by atoms with Crippen molar-refractivity contribution in [1.82, 2.24) is 10.2 Å². The largest absolute Gasteiger partial charge is 0.444 e. The van der Waals surface area contributed by atoms with Crippen LogP contribution in [-0.2, 0) is 14.3 Å². The number of carbonyl (C=O) groups excluding carboxylic acids is 3. The molecule has 0 aliphatic heterocycles.